The number of carbonyl (C=O) groups excluding carboxylic acids is 1. The standard InChI is InChI=1S/C25H25N3O.C2H2/c1-5-6-18(4)26-21-11-8-19(9-12-21)23-15-20-10-13-22(16-24(20)28-23)27-25(29)14-7-17(2)3;1-2/h5-14,16,26H,2,4,15H2,1,3H3,(H,27,29);1-2H/b6-5-,14-7-;. The fraction of sp³-hybridized carbons (Fsp3) is 0.111. The monoisotopic (exact) mass is 409 g/mol. The van der Waals surface area contributed by atoms with Gasteiger partial charge in [0.2, 0.25) is 5.91 Å². The van der Waals surface area contributed by atoms with Crippen LogP contribution in [0.2, 0.25) is 0 Å². The van der Waals surface area contributed by atoms with Gasteiger partial charge in [0, 0.05) is 29.6 Å². The topological polar surface area (TPSA) is 53.5 Å². The van der Waals surface area contributed by atoms with Gasteiger partial charge in [0.25, 0.3) is 0 Å². The Morgan fingerprint density at radius 1 is 1.00 bits per heavy atom. The van der Waals surface area contributed by atoms with E-state index < -0.39 is 0 Å². The Bertz CT molecular complexity index is 1080. The van der Waals surface area contributed by atoms with Crippen LogP contribution in [-0.4, -0.2) is 11.6 Å². The van der Waals surface area contributed by atoms with Gasteiger partial charge in [-0.15, -0.1) is 12.8 Å². The van der Waals surface area contributed by atoms with Crippen LogP contribution in [0.1, 0.15) is 25.0 Å². The van der Waals surface area contributed by atoms with Crippen LogP contribution in [-0.2, 0) is 11.2 Å². The van der Waals surface area contributed by atoms with Gasteiger partial charge in [-0.05, 0) is 55.3 Å². The summed E-state index contributed by atoms with van der Waals surface area (Å²) in [5.41, 5.74) is 7.54. The van der Waals surface area contributed by atoms with Crippen LogP contribution < -0.4 is 10.6 Å². The van der Waals surface area contributed by atoms with Crippen molar-refractivity contribution in [2.24, 2.45) is 4.99 Å². The summed E-state index contributed by atoms with van der Waals surface area (Å²) >= 11 is 0. The number of amides is 1. The second-order valence-corrected chi connectivity index (χ2v) is 6.98. The van der Waals surface area contributed by atoms with Gasteiger partial charge in [0.1, 0.15) is 0 Å². The number of nitrogens with one attached hydrogen (secondary N) is 2. The molecule has 0 aromatic heterocycles. The zero-order valence-electron chi connectivity index (χ0n) is 18.0. The van der Waals surface area contributed by atoms with E-state index in [1.807, 2.05) is 56.3 Å². The van der Waals surface area contributed by atoms with Crippen LogP contribution >= 0.6 is 0 Å². The minimum absolute atomic E-state index is 0.183. The van der Waals surface area contributed by atoms with Crippen molar-refractivity contribution in [3.63, 3.8) is 0 Å². The van der Waals surface area contributed by atoms with Crippen molar-refractivity contribution in [3.8, 4) is 12.8 Å². The van der Waals surface area contributed by atoms with Crippen molar-refractivity contribution in [2.75, 3.05) is 10.6 Å². The molecule has 4 heteroatoms. The first-order chi connectivity index (χ1) is 14.9. The third-order valence-corrected chi connectivity index (χ3v) is 4.38. The van der Waals surface area contributed by atoms with E-state index in [9.17, 15) is 4.79 Å². The Morgan fingerprint density at radius 2 is 1.68 bits per heavy atom. The third kappa shape index (κ3) is 6.73. The minimum Gasteiger partial charge on any atom is -0.356 e. The van der Waals surface area contributed by atoms with E-state index in [0.717, 1.165) is 51.6 Å². The minimum atomic E-state index is -0.183. The Morgan fingerprint density at radius 3 is 2.32 bits per heavy atom. The lowest BCUT2D eigenvalue weighted by Crippen LogP contribution is -2.07. The van der Waals surface area contributed by atoms with E-state index in [-0.39, 0.29) is 5.91 Å². The van der Waals surface area contributed by atoms with Crippen LogP contribution in [0.15, 0.2) is 96.2 Å². The lowest BCUT2D eigenvalue weighted by atomic mass is 10.0. The number of fused-ring (bicyclic) bond motifs is 1. The summed E-state index contributed by atoms with van der Waals surface area (Å²) in [5.74, 6) is -0.183. The molecule has 0 unspecified atom stereocenters. The normalized spacial score (nSPS) is 11.9. The number of terminal acetylenes is 1. The molecule has 2 aromatic rings. The lowest BCUT2D eigenvalue weighted by molar-refractivity contribution is -0.111. The number of benzene rings is 2. The lowest BCUT2D eigenvalue weighted by Gasteiger charge is -2.07. The summed E-state index contributed by atoms with van der Waals surface area (Å²) < 4.78 is 0. The number of anilines is 2. The van der Waals surface area contributed by atoms with E-state index in [0.29, 0.717) is 0 Å². The maximum atomic E-state index is 12.0. The molecule has 0 saturated heterocycles. The fourth-order valence-corrected chi connectivity index (χ4v) is 3.00. The molecule has 0 radical (unpaired) electrons. The number of rotatable bonds is 7. The van der Waals surface area contributed by atoms with Crippen molar-refractivity contribution >= 4 is 28.7 Å². The highest BCUT2D eigenvalue weighted by Gasteiger charge is 2.16. The van der Waals surface area contributed by atoms with Crippen molar-refractivity contribution in [2.45, 2.75) is 20.3 Å². The van der Waals surface area contributed by atoms with Gasteiger partial charge in [-0.3, -0.25) is 9.79 Å². The molecule has 1 heterocycles. The molecule has 0 saturated carbocycles. The predicted octanol–water partition coefficient (Wildman–Crippen LogP) is 6.19. The Labute approximate surface area is 184 Å². The van der Waals surface area contributed by atoms with E-state index in [1.165, 1.54) is 6.08 Å². The second-order valence-electron chi connectivity index (χ2n) is 6.98. The molecule has 0 spiro atoms. The smallest absolute Gasteiger partial charge is 0.248 e. The van der Waals surface area contributed by atoms with Gasteiger partial charge in [-0.25, -0.2) is 0 Å². The molecule has 0 bridgehead atoms. The molecule has 0 atom stereocenters. The number of allylic oxidation sites excluding steroid dienone is 4. The zero-order valence-corrected chi connectivity index (χ0v) is 18.0. The molecule has 1 aliphatic rings. The number of hydrogen-bond acceptors (Lipinski definition) is 3. The predicted molar refractivity (Wildman–Crippen MR) is 133 cm³/mol. The molecule has 3 rings (SSSR count). The summed E-state index contributed by atoms with van der Waals surface area (Å²) in [6, 6.07) is 14.0. The molecule has 2 aromatic carbocycles. The Hall–Kier alpha value is -4.10. The molecular weight excluding hydrogens is 382 g/mol. The summed E-state index contributed by atoms with van der Waals surface area (Å²) in [5, 5.41) is 6.11. The number of hydrogen-bond donors (Lipinski definition) is 2. The van der Waals surface area contributed by atoms with Crippen molar-refractivity contribution in [1.29, 1.82) is 0 Å². The molecule has 31 heavy (non-hydrogen) atoms. The average molecular weight is 410 g/mol. The fourth-order valence-electron chi connectivity index (χ4n) is 3.00. The Balaban J connectivity index is 0.00000166. The number of nitrogens with zero attached hydrogens (tertiary/aromatic N) is 1. The second kappa shape index (κ2) is 11.2. The van der Waals surface area contributed by atoms with Crippen LogP contribution in [0, 0.1) is 12.8 Å². The van der Waals surface area contributed by atoms with Gasteiger partial charge >= 0.3 is 0 Å². The maximum absolute atomic E-state index is 12.0. The summed E-state index contributed by atoms with van der Waals surface area (Å²) in [6.45, 7) is 11.5. The van der Waals surface area contributed by atoms with Gasteiger partial charge in [-0.1, -0.05) is 49.1 Å². The molecule has 4 nitrogen and oxygen atoms in total. The summed E-state index contributed by atoms with van der Waals surface area (Å²) in [7, 11) is 0. The van der Waals surface area contributed by atoms with Crippen LogP contribution in [0.25, 0.3) is 0 Å². The first kappa shape index (κ1) is 23.2. The summed E-state index contributed by atoms with van der Waals surface area (Å²) in [4.78, 5) is 16.7. The highest BCUT2D eigenvalue weighted by atomic mass is 16.1. The number of aliphatic imine (C=N–C) groups is 1. The molecular formula is C27H27N3O. The number of carbonyl (C=O) groups is 1. The van der Waals surface area contributed by atoms with Gasteiger partial charge in [-0.2, -0.15) is 0 Å². The molecule has 1 amide bonds. The van der Waals surface area contributed by atoms with Crippen LogP contribution in [0.3, 0.4) is 0 Å². The maximum Gasteiger partial charge on any atom is 0.248 e. The first-order valence-electron chi connectivity index (χ1n) is 9.82. The van der Waals surface area contributed by atoms with Gasteiger partial charge in [0.05, 0.1) is 11.4 Å². The van der Waals surface area contributed by atoms with E-state index in [4.69, 9.17) is 4.99 Å². The van der Waals surface area contributed by atoms with E-state index in [1.54, 1.807) is 6.08 Å². The molecule has 2 N–H and O–H groups in total. The van der Waals surface area contributed by atoms with Crippen LogP contribution in [0.4, 0.5) is 17.1 Å². The molecule has 0 fully saturated rings. The highest BCUT2D eigenvalue weighted by molar-refractivity contribution is 6.07. The van der Waals surface area contributed by atoms with Crippen molar-refractivity contribution in [3.05, 3.63) is 102 Å². The van der Waals surface area contributed by atoms with E-state index in [2.05, 4.69) is 48.8 Å². The Kier molecular flexibility index (Phi) is 8.36. The summed E-state index contributed by atoms with van der Waals surface area (Å²) in [6.07, 6.45) is 15.8. The van der Waals surface area contributed by atoms with Crippen molar-refractivity contribution in [1.82, 2.24) is 0 Å². The highest BCUT2D eigenvalue weighted by Crippen LogP contribution is 2.31. The van der Waals surface area contributed by atoms with Gasteiger partial charge < -0.3 is 10.6 Å². The molecule has 156 valence electrons. The SMILES string of the molecule is C#C.C=C(C)/C=C\C(=O)Nc1ccc2c(c1)N=C(c1ccc(NC(=C)/C=C\C)cc1)C2. The first-order valence-corrected chi connectivity index (χ1v) is 9.82. The van der Waals surface area contributed by atoms with Crippen LogP contribution in [0.5, 0.6) is 0 Å². The van der Waals surface area contributed by atoms with E-state index >= 15 is 0 Å². The average Bonchev–Trinajstić information content (AvgIpc) is 3.18. The van der Waals surface area contributed by atoms with Crippen molar-refractivity contribution < 1.29 is 4.79 Å². The quantitative estimate of drug-likeness (QED) is 0.326. The largest absolute Gasteiger partial charge is 0.356 e. The molecule has 1 aliphatic heterocycles. The van der Waals surface area contributed by atoms with Gasteiger partial charge in [0.15, 0.2) is 0 Å². The third-order valence-electron chi connectivity index (χ3n) is 4.38. The molecule has 0 aliphatic carbocycles. The zero-order chi connectivity index (χ0) is 22.8.